The number of nitrogens with one attached hydrogen (secondary N) is 2. The number of ether oxygens (including phenoxy) is 1. The number of hydrogen-bond acceptors (Lipinski definition) is 7. The zero-order valence-electron chi connectivity index (χ0n) is 10.1. The van der Waals surface area contributed by atoms with E-state index in [4.69, 9.17) is 4.74 Å². The van der Waals surface area contributed by atoms with Crippen LogP contribution in [0.15, 0.2) is 4.34 Å². The van der Waals surface area contributed by atoms with E-state index < -0.39 is 0 Å². The van der Waals surface area contributed by atoms with Gasteiger partial charge >= 0.3 is 0 Å². The number of hydrogen-bond donors (Lipinski definition) is 2. The third kappa shape index (κ3) is 4.79. The van der Waals surface area contributed by atoms with E-state index in [1.165, 1.54) is 35.9 Å². The molecule has 6 nitrogen and oxygen atoms in total. The maximum absolute atomic E-state index is 11.4. The number of carbonyl (C=O) groups is 1. The van der Waals surface area contributed by atoms with Crippen molar-refractivity contribution >= 4 is 34.1 Å². The molecule has 8 heteroatoms. The van der Waals surface area contributed by atoms with Crippen molar-refractivity contribution in [3.8, 4) is 0 Å². The predicted molar refractivity (Wildman–Crippen MR) is 72.2 cm³/mol. The van der Waals surface area contributed by atoms with Gasteiger partial charge in [0.05, 0.1) is 12.4 Å². The number of thioether (sulfide) groups is 1. The van der Waals surface area contributed by atoms with Crippen molar-refractivity contribution in [2.75, 3.05) is 31.3 Å². The Hall–Kier alpha value is -0.860. The molecule has 1 heterocycles. The summed E-state index contributed by atoms with van der Waals surface area (Å²) >= 11 is 2.90. The first-order valence-electron chi connectivity index (χ1n) is 5.76. The Morgan fingerprint density at radius 3 is 3.11 bits per heavy atom. The number of carbonyl (C=O) groups excluding carboxylic acids is 1. The van der Waals surface area contributed by atoms with Crippen molar-refractivity contribution in [1.82, 2.24) is 15.5 Å². The molecule has 0 unspecified atom stereocenters. The molecule has 2 N–H and O–H groups in total. The molecule has 1 aromatic heterocycles. The number of anilines is 1. The third-order valence-electron chi connectivity index (χ3n) is 2.27. The topological polar surface area (TPSA) is 76.1 Å². The van der Waals surface area contributed by atoms with Crippen LogP contribution in [0.5, 0.6) is 0 Å². The van der Waals surface area contributed by atoms with Gasteiger partial charge in [0.1, 0.15) is 0 Å². The summed E-state index contributed by atoms with van der Waals surface area (Å²) in [7, 11) is 1.61. The zero-order chi connectivity index (χ0) is 12.8. The second kappa shape index (κ2) is 6.91. The molecule has 0 bridgehead atoms. The van der Waals surface area contributed by atoms with Gasteiger partial charge in [0, 0.05) is 19.7 Å². The minimum absolute atomic E-state index is 0.0102. The summed E-state index contributed by atoms with van der Waals surface area (Å²) in [5, 5.41) is 15.0. The zero-order valence-corrected chi connectivity index (χ0v) is 11.8. The molecule has 1 saturated carbocycles. The summed E-state index contributed by atoms with van der Waals surface area (Å²) in [6.45, 7) is 1.07. The maximum atomic E-state index is 11.4. The highest BCUT2D eigenvalue weighted by Gasteiger charge is 2.22. The van der Waals surface area contributed by atoms with Gasteiger partial charge in [-0.25, -0.2) is 0 Å². The largest absolute Gasteiger partial charge is 0.383 e. The summed E-state index contributed by atoms with van der Waals surface area (Å²) in [5.74, 6) is 0.353. The molecule has 1 aromatic rings. The Balaban J connectivity index is 1.65. The van der Waals surface area contributed by atoms with Crippen LogP contribution in [0.25, 0.3) is 0 Å². The molecule has 0 radical (unpaired) electrons. The molecule has 0 spiro atoms. The first-order valence-corrected chi connectivity index (χ1v) is 7.56. The van der Waals surface area contributed by atoms with E-state index in [2.05, 4.69) is 20.8 Å². The molecular weight excluding hydrogens is 272 g/mol. The lowest BCUT2D eigenvalue weighted by molar-refractivity contribution is -0.118. The molecule has 0 aromatic carbocycles. The lowest BCUT2D eigenvalue weighted by atomic mass is 10.6. The Kier molecular flexibility index (Phi) is 5.21. The van der Waals surface area contributed by atoms with E-state index in [1.807, 2.05) is 0 Å². The Morgan fingerprint density at radius 2 is 2.39 bits per heavy atom. The molecule has 0 saturated heterocycles. The molecule has 18 heavy (non-hydrogen) atoms. The van der Waals surface area contributed by atoms with Crippen molar-refractivity contribution in [2.45, 2.75) is 23.2 Å². The van der Waals surface area contributed by atoms with Gasteiger partial charge in [-0.3, -0.25) is 4.79 Å². The van der Waals surface area contributed by atoms with Crippen LogP contribution in [0.2, 0.25) is 0 Å². The second-order valence-corrected chi connectivity index (χ2v) is 6.12. The number of nitrogens with zero attached hydrogens (tertiary/aromatic N) is 2. The van der Waals surface area contributed by atoms with Crippen molar-refractivity contribution in [2.24, 2.45) is 0 Å². The normalized spacial score (nSPS) is 14.5. The van der Waals surface area contributed by atoms with Crippen LogP contribution in [0.3, 0.4) is 0 Å². The van der Waals surface area contributed by atoms with E-state index in [-0.39, 0.29) is 5.91 Å². The fraction of sp³-hybridized carbons (Fsp3) is 0.700. The minimum Gasteiger partial charge on any atom is -0.383 e. The lowest BCUT2D eigenvalue weighted by Crippen LogP contribution is -2.28. The van der Waals surface area contributed by atoms with Crippen LogP contribution >= 0.6 is 23.1 Å². The standard InChI is InChI=1S/C10H16N4O2S2/c1-16-5-4-11-8(15)6-17-10-14-13-9(18-10)12-7-2-3-7/h7H,2-6H2,1H3,(H,11,15)(H,12,13). The minimum atomic E-state index is -0.0102. The summed E-state index contributed by atoms with van der Waals surface area (Å²) in [5.41, 5.74) is 0. The first kappa shape index (κ1) is 13.6. The molecule has 2 rings (SSSR count). The van der Waals surface area contributed by atoms with Crippen LogP contribution in [-0.4, -0.2) is 48.2 Å². The highest BCUT2D eigenvalue weighted by Crippen LogP contribution is 2.29. The number of rotatable bonds is 8. The van der Waals surface area contributed by atoms with Crippen molar-refractivity contribution in [3.63, 3.8) is 0 Å². The van der Waals surface area contributed by atoms with Gasteiger partial charge in [-0.1, -0.05) is 23.1 Å². The molecule has 1 amide bonds. The van der Waals surface area contributed by atoms with Gasteiger partial charge in [0.25, 0.3) is 0 Å². The highest BCUT2D eigenvalue weighted by molar-refractivity contribution is 8.01. The fourth-order valence-electron chi connectivity index (χ4n) is 1.20. The monoisotopic (exact) mass is 288 g/mol. The van der Waals surface area contributed by atoms with Crippen LogP contribution in [0.1, 0.15) is 12.8 Å². The smallest absolute Gasteiger partial charge is 0.230 e. The van der Waals surface area contributed by atoms with Crippen LogP contribution in [0.4, 0.5) is 5.13 Å². The van der Waals surface area contributed by atoms with E-state index in [0.717, 1.165) is 9.47 Å². The quantitative estimate of drug-likeness (QED) is 0.548. The molecule has 1 fully saturated rings. The molecular formula is C10H16N4O2S2. The van der Waals surface area contributed by atoms with E-state index >= 15 is 0 Å². The molecule has 1 aliphatic rings. The van der Waals surface area contributed by atoms with E-state index in [0.29, 0.717) is 24.9 Å². The number of aromatic nitrogens is 2. The maximum Gasteiger partial charge on any atom is 0.230 e. The summed E-state index contributed by atoms with van der Waals surface area (Å²) < 4.78 is 5.67. The van der Waals surface area contributed by atoms with Crippen LogP contribution in [-0.2, 0) is 9.53 Å². The van der Waals surface area contributed by atoms with Gasteiger partial charge in [-0.05, 0) is 12.8 Å². The van der Waals surface area contributed by atoms with Gasteiger partial charge < -0.3 is 15.4 Å². The summed E-state index contributed by atoms with van der Waals surface area (Å²) in [6.07, 6.45) is 2.42. The van der Waals surface area contributed by atoms with Gasteiger partial charge in [0.2, 0.25) is 11.0 Å². The van der Waals surface area contributed by atoms with Crippen molar-refractivity contribution in [3.05, 3.63) is 0 Å². The fourth-order valence-corrected chi connectivity index (χ4v) is 2.86. The summed E-state index contributed by atoms with van der Waals surface area (Å²) in [4.78, 5) is 11.4. The molecule has 1 aliphatic carbocycles. The molecule has 0 atom stereocenters. The van der Waals surface area contributed by atoms with Gasteiger partial charge in [-0.2, -0.15) is 0 Å². The Labute approximate surface area is 114 Å². The van der Waals surface area contributed by atoms with Crippen LogP contribution < -0.4 is 10.6 Å². The van der Waals surface area contributed by atoms with Gasteiger partial charge in [-0.15, -0.1) is 10.2 Å². The first-order chi connectivity index (χ1) is 8.78. The molecule has 100 valence electrons. The van der Waals surface area contributed by atoms with E-state index in [1.54, 1.807) is 7.11 Å². The lowest BCUT2D eigenvalue weighted by Gasteiger charge is -2.02. The molecule has 0 aliphatic heterocycles. The summed E-state index contributed by atoms with van der Waals surface area (Å²) in [6, 6.07) is 0.577. The predicted octanol–water partition coefficient (Wildman–Crippen LogP) is 0.967. The van der Waals surface area contributed by atoms with Crippen molar-refractivity contribution < 1.29 is 9.53 Å². The SMILES string of the molecule is COCCNC(=O)CSc1nnc(NC2CC2)s1. The van der Waals surface area contributed by atoms with Gasteiger partial charge in [0.15, 0.2) is 4.34 Å². The van der Waals surface area contributed by atoms with E-state index in [9.17, 15) is 4.79 Å². The average Bonchev–Trinajstić information content (AvgIpc) is 3.05. The number of amides is 1. The number of methoxy groups -OCH3 is 1. The highest BCUT2D eigenvalue weighted by atomic mass is 32.2. The Bertz CT molecular complexity index is 395. The second-order valence-electron chi connectivity index (χ2n) is 3.92. The van der Waals surface area contributed by atoms with Crippen molar-refractivity contribution in [1.29, 1.82) is 0 Å². The van der Waals surface area contributed by atoms with Crippen LogP contribution in [0, 0.1) is 0 Å². The average molecular weight is 288 g/mol. The third-order valence-corrected chi connectivity index (χ3v) is 4.25. The Morgan fingerprint density at radius 1 is 1.56 bits per heavy atom.